The normalized spacial score (nSPS) is 10.2. The average Bonchev–Trinajstić information content (AvgIpc) is 2.19. The van der Waals surface area contributed by atoms with Gasteiger partial charge in [-0.1, -0.05) is 0 Å². The first-order chi connectivity index (χ1) is 7.45. The fourth-order valence-corrected chi connectivity index (χ4v) is 1.27. The molecule has 0 fully saturated rings. The van der Waals surface area contributed by atoms with Crippen LogP contribution in [-0.4, -0.2) is 24.0 Å². The molecule has 0 saturated carbocycles. The summed E-state index contributed by atoms with van der Waals surface area (Å²) in [5.41, 5.74) is -0.193. The smallest absolute Gasteiger partial charge is 0.387 e. The average molecular weight is 230 g/mol. The summed E-state index contributed by atoms with van der Waals surface area (Å²) >= 11 is 0. The third-order valence-electron chi connectivity index (χ3n) is 1.83. The molecule has 16 heavy (non-hydrogen) atoms. The van der Waals surface area contributed by atoms with Crippen LogP contribution >= 0.6 is 0 Å². The van der Waals surface area contributed by atoms with Gasteiger partial charge in [0.1, 0.15) is 5.56 Å². The van der Waals surface area contributed by atoms with Crippen molar-refractivity contribution in [3.8, 4) is 5.75 Å². The van der Waals surface area contributed by atoms with Crippen LogP contribution in [0.1, 0.15) is 26.3 Å². The van der Waals surface area contributed by atoms with E-state index < -0.39 is 23.9 Å². The minimum Gasteiger partial charge on any atom is -0.478 e. The van der Waals surface area contributed by atoms with Gasteiger partial charge < -0.3 is 9.84 Å². The molecule has 1 aromatic rings. The maximum atomic E-state index is 12.0. The molecule has 1 aromatic carbocycles. The van der Waals surface area contributed by atoms with E-state index in [1.165, 1.54) is 6.07 Å². The molecule has 0 saturated heterocycles. The van der Waals surface area contributed by atoms with Crippen molar-refractivity contribution in [3.63, 3.8) is 0 Å². The van der Waals surface area contributed by atoms with Crippen molar-refractivity contribution in [1.82, 2.24) is 0 Å². The second-order valence-electron chi connectivity index (χ2n) is 3.03. The standard InChI is InChI=1S/C10H8F2O4/c1-5-2-6(4-13)8(16-10(11)12)7(3-5)9(14)15/h2-4,10H,1H3,(H,14,15). The number of aromatic carboxylic acids is 1. The third kappa shape index (κ3) is 2.53. The number of halogens is 2. The molecule has 0 aliphatic carbocycles. The van der Waals surface area contributed by atoms with Crippen molar-refractivity contribution >= 4 is 12.3 Å². The summed E-state index contributed by atoms with van der Waals surface area (Å²) in [4.78, 5) is 21.4. The summed E-state index contributed by atoms with van der Waals surface area (Å²) < 4.78 is 28.1. The SMILES string of the molecule is Cc1cc(C=O)c(OC(F)F)c(C(=O)O)c1. The zero-order valence-corrected chi connectivity index (χ0v) is 8.24. The largest absolute Gasteiger partial charge is 0.478 e. The summed E-state index contributed by atoms with van der Waals surface area (Å²) in [5.74, 6) is -2.04. The molecule has 4 nitrogen and oxygen atoms in total. The van der Waals surface area contributed by atoms with Crippen molar-refractivity contribution in [2.45, 2.75) is 13.5 Å². The summed E-state index contributed by atoms with van der Waals surface area (Å²) in [6.07, 6.45) is 0.275. The highest BCUT2D eigenvalue weighted by Gasteiger charge is 2.19. The molecule has 0 atom stereocenters. The van der Waals surface area contributed by atoms with Crippen molar-refractivity contribution in [1.29, 1.82) is 0 Å². The number of hydrogen-bond acceptors (Lipinski definition) is 3. The number of carboxylic acids is 1. The summed E-state index contributed by atoms with van der Waals surface area (Å²) in [7, 11) is 0. The lowest BCUT2D eigenvalue weighted by Crippen LogP contribution is -2.10. The molecule has 6 heteroatoms. The van der Waals surface area contributed by atoms with Crippen LogP contribution in [0.5, 0.6) is 5.75 Å². The van der Waals surface area contributed by atoms with Gasteiger partial charge in [-0.15, -0.1) is 0 Å². The van der Waals surface area contributed by atoms with Crippen LogP contribution in [0.15, 0.2) is 12.1 Å². The highest BCUT2D eigenvalue weighted by molar-refractivity contribution is 5.95. The van der Waals surface area contributed by atoms with Crippen LogP contribution in [0.25, 0.3) is 0 Å². The maximum absolute atomic E-state index is 12.0. The van der Waals surface area contributed by atoms with Crippen LogP contribution in [0, 0.1) is 6.92 Å². The van der Waals surface area contributed by atoms with Gasteiger partial charge in [-0.3, -0.25) is 4.79 Å². The van der Waals surface area contributed by atoms with Gasteiger partial charge in [-0.25, -0.2) is 4.79 Å². The van der Waals surface area contributed by atoms with Crippen LogP contribution in [0.4, 0.5) is 8.78 Å². The minimum absolute atomic E-state index is 0.210. The fourth-order valence-electron chi connectivity index (χ4n) is 1.27. The predicted octanol–water partition coefficient (Wildman–Crippen LogP) is 2.11. The van der Waals surface area contributed by atoms with Crippen LogP contribution in [-0.2, 0) is 0 Å². The van der Waals surface area contributed by atoms with Gasteiger partial charge in [0.15, 0.2) is 12.0 Å². The van der Waals surface area contributed by atoms with E-state index >= 15 is 0 Å². The van der Waals surface area contributed by atoms with Crippen molar-refractivity contribution < 1.29 is 28.2 Å². The Morgan fingerprint density at radius 1 is 1.50 bits per heavy atom. The Kier molecular flexibility index (Phi) is 3.55. The molecular weight excluding hydrogens is 222 g/mol. The zero-order chi connectivity index (χ0) is 12.3. The molecule has 0 aliphatic heterocycles. The second-order valence-corrected chi connectivity index (χ2v) is 3.03. The van der Waals surface area contributed by atoms with E-state index in [-0.39, 0.29) is 11.8 Å². The number of aryl methyl sites for hydroxylation is 1. The van der Waals surface area contributed by atoms with Gasteiger partial charge in [-0.2, -0.15) is 8.78 Å². The molecule has 1 rings (SSSR count). The Labute approximate surface area is 89.5 Å². The van der Waals surface area contributed by atoms with Gasteiger partial charge in [-0.05, 0) is 24.6 Å². The molecule has 0 amide bonds. The minimum atomic E-state index is -3.18. The summed E-state index contributed by atoms with van der Waals surface area (Å²) in [5, 5.41) is 8.78. The monoisotopic (exact) mass is 230 g/mol. The second kappa shape index (κ2) is 4.69. The van der Waals surface area contributed by atoms with E-state index in [0.29, 0.717) is 5.56 Å². The van der Waals surface area contributed by atoms with Crippen LogP contribution in [0.3, 0.4) is 0 Å². The number of benzene rings is 1. The molecule has 0 bridgehead atoms. The Morgan fingerprint density at radius 2 is 2.12 bits per heavy atom. The number of alkyl halides is 2. The fraction of sp³-hybridized carbons (Fsp3) is 0.200. The lowest BCUT2D eigenvalue weighted by Gasteiger charge is -2.11. The van der Waals surface area contributed by atoms with Gasteiger partial charge >= 0.3 is 12.6 Å². The Bertz CT molecular complexity index is 429. The zero-order valence-electron chi connectivity index (χ0n) is 8.24. The first kappa shape index (κ1) is 12.1. The Hall–Kier alpha value is -1.98. The number of carbonyl (C=O) groups excluding carboxylic acids is 1. The van der Waals surface area contributed by atoms with Gasteiger partial charge in [0.2, 0.25) is 0 Å². The van der Waals surface area contributed by atoms with E-state index in [2.05, 4.69) is 4.74 Å². The number of carbonyl (C=O) groups is 2. The van der Waals surface area contributed by atoms with Gasteiger partial charge in [0.05, 0.1) is 5.56 Å². The molecule has 86 valence electrons. The summed E-state index contributed by atoms with van der Waals surface area (Å²) in [6.45, 7) is -1.63. The van der Waals surface area contributed by atoms with Gasteiger partial charge in [0, 0.05) is 0 Å². The molecule has 1 N–H and O–H groups in total. The molecule has 0 heterocycles. The van der Waals surface area contributed by atoms with Crippen LogP contribution < -0.4 is 4.74 Å². The first-order valence-corrected chi connectivity index (χ1v) is 4.23. The molecule has 0 aliphatic rings. The topological polar surface area (TPSA) is 63.6 Å². The number of hydrogen-bond donors (Lipinski definition) is 1. The lowest BCUT2D eigenvalue weighted by atomic mass is 10.1. The number of carboxylic acid groups (broad SMARTS) is 1. The molecular formula is C10H8F2O4. The Balaban J connectivity index is 3.38. The molecule has 0 aromatic heterocycles. The number of rotatable bonds is 4. The maximum Gasteiger partial charge on any atom is 0.387 e. The lowest BCUT2D eigenvalue weighted by molar-refractivity contribution is -0.0505. The number of ether oxygens (including phenoxy) is 1. The quantitative estimate of drug-likeness (QED) is 0.804. The first-order valence-electron chi connectivity index (χ1n) is 4.23. The van der Waals surface area contributed by atoms with Crippen molar-refractivity contribution in [3.05, 3.63) is 28.8 Å². The third-order valence-corrected chi connectivity index (χ3v) is 1.83. The highest BCUT2D eigenvalue weighted by atomic mass is 19.3. The van der Waals surface area contributed by atoms with E-state index in [1.807, 2.05) is 0 Å². The van der Waals surface area contributed by atoms with Gasteiger partial charge in [0.25, 0.3) is 0 Å². The molecule has 0 spiro atoms. The van der Waals surface area contributed by atoms with E-state index in [0.717, 1.165) is 6.07 Å². The van der Waals surface area contributed by atoms with E-state index in [1.54, 1.807) is 6.92 Å². The molecule has 0 radical (unpaired) electrons. The summed E-state index contributed by atoms with van der Waals surface area (Å²) in [6, 6.07) is 2.43. The van der Waals surface area contributed by atoms with Crippen molar-refractivity contribution in [2.75, 3.05) is 0 Å². The van der Waals surface area contributed by atoms with Crippen molar-refractivity contribution in [2.24, 2.45) is 0 Å². The number of aldehydes is 1. The van der Waals surface area contributed by atoms with E-state index in [9.17, 15) is 18.4 Å². The Morgan fingerprint density at radius 3 is 2.56 bits per heavy atom. The highest BCUT2D eigenvalue weighted by Crippen LogP contribution is 2.26. The molecule has 0 unspecified atom stereocenters. The predicted molar refractivity (Wildman–Crippen MR) is 50.2 cm³/mol. The van der Waals surface area contributed by atoms with E-state index in [4.69, 9.17) is 5.11 Å². The van der Waals surface area contributed by atoms with Crippen LogP contribution in [0.2, 0.25) is 0 Å².